The van der Waals surface area contributed by atoms with Crippen LogP contribution < -0.4 is 0 Å². The summed E-state index contributed by atoms with van der Waals surface area (Å²) in [6.07, 6.45) is 4.55. The first-order valence-electron chi connectivity index (χ1n) is 5.89. The first-order chi connectivity index (χ1) is 9.02. The molecule has 0 bridgehead atoms. The third kappa shape index (κ3) is 5.21. The van der Waals surface area contributed by atoms with Gasteiger partial charge in [-0.1, -0.05) is 35.9 Å². The molecule has 1 rings (SSSR count). The number of hydrogen-bond donors (Lipinski definition) is 1. The normalized spacial score (nSPS) is 10.4. The number of aliphatic carboxylic acids is 1. The van der Waals surface area contributed by atoms with Crippen LogP contribution in [0.25, 0.3) is 6.08 Å². The summed E-state index contributed by atoms with van der Waals surface area (Å²) in [5.74, 6) is -1.39. The number of amides is 1. The second-order valence-corrected chi connectivity index (χ2v) is 4.15. The lowest BCUT2D eigenvalue weighted by Crippen LogP contribution is -2.34. The zero-order chi connectivity index (χ0) is 14.3. The molecule has 4 nitrogen and oxygen atoms in total. The van der Waals surface area contributed by atoms with Crippen molar-refractivity contribution in [2.45, 2.75) is 6.92 Å². The minimum absolute atomic E-state index is 0.212. The zero-order valence-electron chi connectivity index (χ0n) is 10.9. The first-order valence-corrected chi connectivity index (χ1v) is 5.89. The van der Waals surface area contributed by atoms with Gasteiger partial charge in [-0.15, -0.1) is 6.58 Å². The predicted molar refractivity (Wildman–Crippen MR) is 74.6 cm³/mol. The summed E-state index contributed by atoms with van der Waals surface area (Å²) in [7, 11) is 0. The van der Waals surface area contributed by atoms with Crippen LogP contribution in [0.15, 0.2) is 43.0 Å². The topological polar surface area (TPSA) is 57.6 Å². The molecule has 0 atom stereocenters. The van der Waals surface area contributed by atoms with Crippen molar-refractivity contribution in [1.82, 2.24) is 4.90 Å². The molecule has 100 valence electrons. The van der Waals surface area contributed by atoms with Gasteiger partial charge in [-0.2, -0.15) is 0 Å². The van der Waals surface area contributed by atoms with Crippen LogP contribution in [0.4, 0.5) is 0 Å². The molecule has 0 heterocycles. The van der Waals surface area contributed by atoms with Crippen LogP contribution in [0.3, 0.4) is 0 Å². The molecule has 1 amide bonds. The summed E-state index contributed by atoms with van der Waals surface area (Å²) in [4.78, 5) is 23.7. The lowest BCUT2D eigenvalue weighted by Gasteiger charge is -2.16. The maximum absolute atomic E-state index is 11.9. The maximum atomic E-state index is 11.9. The van der Waals surface area contributed by atoms with Gasteiger partial charge in [0.1, 0.15) is 6.54 Å². The fourth-order valence-corrected chi connectivity index (χ4v) is 1.60. The van der Waals surface area contributed by atoms with Gasteiger partial charge in [0.15, 0.2) is 0 Å². The van der Waals surface area contributed by atoms with Gasteiger partial charge in [-0.3, -0.25) is 9.59 Å². The highest BCUT2D eigenvalue weighted by Crippen LogP contribution is 2.06. The van der Waals surface area contributed by atoms with Gasteiger partial charge in [0.25, 0.3) is 0 Å². The predicted octanol–water partition coefficient (Wildman–Crippen LogP) is 2.11. The molecule has 19 heavy (non-hydrogen) atoms. The van der Waals surface area contributed by atoms with Crippen LogP contribution >= 0.6 is 0 Å². The second kappa shape index (κ2) is 7.16. The van der Waals surface area contributed by atoms with Crippen LogP contribution in [0, 0.1) is 6.92 Å². The number of benzene rings is 1. The summed E-state index contributed by atoms with van der Waals surface area (Å²) in [5.41, 5.74) is 2.00. The van der Waals surface area contributed by atoms with E-state index in [0.717, 1.165) is 11.1 Å². The van der Waals surface area contributed by atoms with E-state index >= 15 is 0 Å². The van der Waals surface area contributed by atoms with Crippen LogP contribution in [0.1, 0.15) is 11.1 Å². The second-order valence-electron chi connectivity index (χ2n) is 4.15. The minimum atomic E-state index is -1.04. The summed E-state index contributed by atoms with van der Waals surface area (Å²) in [6.45, 7) is 5.36. The number of rotatable bonds is 6. The average molecular weight is 259 g/mol. The van der Waals surface area contributed by atoms with Crippen molar-refractivity contribution < 1.29 is 14.7 Å². The van der Waals surface area contributed by atoms with Crippen LogP contribution in [-0.4, -0.2) is 35.0 Å². The van der Waals surface area contributed by atoms with Crippen molar-refractivity contribution in [1.29, 1.82) is 0 Å². The van der Waals surface area contributed by atoms with E-state index in [-0.39, 0.29) is 19.0 Å². The Kier molecular flexibility index (Phi) is 5.54. The molecule has 0 aromatic heterocycles. The van der Waals surface area contributed by atoms with E-state index in [4.69, 9.17) is 5.11 Å². The van der Waals surface area contributed by atoms with Gasteiger partial charge < -0.3 is 10.0 Å². The van der Waals surface area contributed by atoms with Crippen molar-refractivity contribution in [2.24, 2.45) is 0 Å². The molecule has 0 spiro atoms. The average Bonchev–Trinajstić information content (AvgIpc) is 2.35. The van der Waals surface area contributed by atoms with Crippen molar-refractivity contribution in [3.05, 3.63) is 54.1 Å². The number of aryl methyl sites for hydroxylation is 1. The zero-order valence-corrected chi connectivity index (χ0v) is 10.9. The molecule has 1 aromatic rings. The number of nitrogens with zero attached hydrogens (tertiary/aromatic N) is 1. The molecule has 0 saturated heterocycles. The van der Waals surface area contributed by atoms with Gasteiger partial charge in [0.2, 0.25) is 5.91 Å². The highest BCUT2D eigenvalue weighted by Gasteiger charge is 2.12. The Morgan fingerprint density at radius 2 is 2.16 bits per heavy atom. The van der Waals surface area contributed by atoms with Gasteiger partial charge in [0.05, 0.1) is 0 Å². The van der Waals surface area contributed by atoms with Gasteiger partial charge in [-0.05, 0) is 18.6 Å². The van der Waals surface area contributed by atoms with Crippen molar-refractivity contribution in [3.8, 4) is 0 Å². The van der Waals surface area contributed by atoms with Gasteiger partial charge >= 0.3 is 5.97 Å². The first kappa shape index (κ1) is 14.7. The number of carboxylic acids is 1. The molecule has 0 aliphatic heterocycles. The lowest BCUT2D eigenvalue weighted by atomic mass is 10.1. The summed E-state index contributed by atoms with van der Waals surface area (Å²) in [5, 5.41) is 8.73. The Morgan fingerprint density at radius 3 is 2.74 bits per heavy atom. The standard InChI is InChI=1S/C15H17NO3/c1-3-9-16(11-15(18)19)14(17)8-7-13-6-4-5-12(2)10-13/h3-8,10H,1,9,11H2,2H3,(H,18,19). The molecular weight excluding hydrogens is 242 g/mol. The van der Waals surface area contributed by atoms with E-state index in [1.807, 2.05) is 31.2 Å². The highest BCUT2D eigenvalue weighted by molar-refractivity contribution is 5.93. The highest BCUT2D eigenvalue weighted by atomic mass is 16.4. The quantitative estimate of drug-likeness (QED) is 0.628. The number of hydrogen-bond acceptors (Lipinski definition) is 2. The fourth-order valence-electron chi connectivity index (χ4n) is 1.60. The smallest absolute Gasteiger partial charge is 0.323 e. The molecular formula is C15H17NO3. The summed E-state index contributed by atoms with van der Waals surface area (Å²) in [6, 6.07) is 7.69. The van der Waals surface area contributed by atoms with Crippen LogP contribution in [-0.2, 0) is 9.59 Å². The van der Waals surface area contributed by atoms with Gasteiger partial charge in [-0.25, -0.2) is 0 Å². The van der Waals surface area contributed by atoms with E-state index in [2.05, 4.69) is 6.58 Å². The molecule has 0 radical (unpaired) electrons. The van der Waals surface area contributed by atoms with Crippen molar-refractivity contribution in [2.75, 3.05) is 13.1 Å². The minimum Gasteiger partial charge on any atom is -0.480 e. The Labute approximate surface area is 112 Å². The Bertz CT molecular complexity index is 506. The third-order valence-electron chi connectivity index (χ3n) is 2.45. The van der Waals surface area contributed by atoms with E-state index in [1.54, 1.807) is 6.08 Å². The maximum Gasteiger partial charge on any atom is 0.323 e. The lowest BCUT2D eigenvalue weighted by molar-refractivity contribution is -0.142. The van der Waals surface area contributed by atoms with Crippen molar-refractivity contribution in [3.63, 3.8) is 0 Å². The van der Waals surface area contributed by atoms with Gasteiger partial charge in [0, 0.05) is 12.6 Å². The molecule has 0 unspecified atom stereocenters. The molecule has 0 aliphatic rings. The molecule has 1 aromatic carbocycles. The Morgan fingerprint density at radius 1 is 1.42 bits per heavy atom. The summed E-state index contributed by atoms with van der Waals surface area (Å²) >= 11 is 0. The van der Waals surface area contributed by atoms with Crippen molar-refractivity contribution >= 4 is 18.0 Å². The molecule has 0 saturated carbocycles. The summed E-state index contributed by atoms with van der Waals surface area (Å²) < 4.78 is 0. The number of carbonyl (C=O) groups is 2. The van der Waals surface area contributed by atoms with Crippen LogP contribution in [0.2, 0.25) is 0 Å². The molecule has 0 fully saturated rings. The van der Waals surface area contributed by atoms with E-state index in [1.165, 1.54) is 17.1 Å². The van der Waals surface area contributed by atoms with E-state index < -0.39 is 5.97 Å². The molecule has 1 N–H and O–H groups in total. The molecule has 4 heteroatoms. The van der Waals surface area contributed by atoms with Crippen LogP contribution in [0.5, 0.6) is 0 Å². The fraction of sp³-hybridized carbons (Fsp3) is 0.200. The Hall–Kier alpha value is -2.36. The number of carboxylic acid groups (broad SMARTS) is 1. The van der Waals surface area contributed by atoms with E-state index in [0.29, 0.717) is 0 Å². The van der Waals surface area contributed by atoms with E-state index in [9.17, 15) is 9.59 Å². The SMILES string of the molecule is C=CCN(CC(=O)O)C(=O)C=Cc1cccc(C)c1. The largest absolute Gasteiger partial charge is 0.480 e. The third-order valence-corrected chi connectivity index (χ3v) is 2.45. The monoisotopic (exact) mass is 259 g/mol. The number of carbonyl (C=O) groups excluding carboxylic acids is 1. The molecule has 0 aliphatic carbocycles. The Balaban J connectivity index is 2.75.